The van der Waals surface area contributed by atoms with Crippen LogP contribution in [0, 0.1) is 23.3 Å². The molecular weight excluding hydrogens is 1060 g/mol. The SMILES string of the molecule is COCO[C@H](CCO[Si](c1ccccc1)(c1ccccc1)C(C)(C)C)c1ccc(OC)c(O[C@H](C#C[Si](C)(C)C)[C@@]23OC(C)(C)O[C@@H]2CC=C3C#C[C@@]2(CO)O[C@H](c3ccc(OC)cc3)O[C@@H]2CO[Si](C)(C)C(C)(C)C)c1Cl. The molecule has 0 unspecified atom stereocenters. The molecule has 16 heteroatoms. The second kappa shape index (κ2) is 24.4. The lowest BCUT2D eigenvalue weighted by Gasteiger charge is -2.43. The summed E-state index contributed by atoms with van der Waals surface area (Å²) in [6.45, 7) is 27.9. The van der Waals surface area contributed by atoms with Crippen molar-refractivity contribution in [2.75, 3.05) is 47.9 Å². The molecule has 4 aromatic carbocycles. The van der Waals surface area contributed by atoms with E-state index in [9.17, 15) is 5.11 Å². The number of hydrogen-bond acceptors (Lipinski definition) is 12. The van der Waals surface area contributed by atoms with Gasteiger partial charge in [-0.25, -0.2) is 0 Å². The first-order valence-corrected chi connectivity index (χ1v) is 35.6. The third-order valence-electron chi connectivity index (χ3n) is 15.2. The van der Waals surface area contributed by atoms with E-state index in [0.29, 0.717) is 42.1 Å². The number of aliphatic hydroxyl groups excluding tert-OH is 1. The Morgan fingerprint density at radius 1 is 0.795 bits per heavy atom. The Morgan fingerprint density at radius 3 is 1.99 bits per heavy atom. The zero-order chi connectivity index (χ0) is 57.0. The number of ether oxygens (including phenoxy) is 9. The van der Waals surface area contributed by atoms with Crippen LogP contribution >= 0.6 is 11.6 Å². The van der Waals surface area contributed by atoms with Gasteiger partial charge in [-0.15, -0.1) is 5.54 Å². The molecule has 2 fully saturated rings. The normalized spacial score (nSPS) is 23.1. The van der Waals surface area contributed by atoms with Gasteiger partial charge < -0.3 is 56.6 Å². The van der Waals surface area contributed by atoms with E-state index in [4.69, 9.17) is 63.1 Å². The van der Waals surface area contributed by atoms with Crippen molar-refractivity contribution in [2.45, 2.75) is 159 Å². The Hall–Kier alpha value is -4.28. The largest absolute Gasteiger partial charge is 0.497 e. The lowest BCUT2D eigenvalue weighted by Crippen LogP contribution is -2.66. The Morgan fingerprint density at radius 2 is 1.44 bits per heavy atom. The molecular formula is C62H83ClO12Si3. The van der Waals surface area contributed by atoms with E-state index in [1.807, 2.05) is 68.5 Å². The molecule has 1 aliphatic carbocycles. The molecule has 7 rings (SSSR count). The second-order valence-electron chi connectivity index (χ2n) is 24.4. The van der Waals surface area contributed by atoms with Crippen LogP contribution in [0.5, 0.6) is 17.2 Å². The van der Waals surface area contributed by atoms with E-state index in [1.165, 1.54) is 10.4 Å². The summed E-state index contributed by atoms with van der Waals surface area (Å²) in [4.78, 5) is 0. The Bertz CT molecular complexity index is 2780. The highest BCUT2D eigenvalue weighted by Gasteiger charge is 2.63. The maximum atomic E-state index is 11.5. The summed E-state index contributed by atoms with van der Waals surface area (Å²) in [5, 5.41) is 13.8. The van der Waals surface area contributed by atoms with E-state index >= 15 is 0 Å². The average molecular weight is 1140 g/mol. The van der Waals surface area contributed by atoms with E-state index < -0.39 is 79.0 Å². The molecule has 0 bridgehead atoms. The van der Waals surface area contributed by atoms with Crippen molar-refractivity contribution in [3.05, 3.63) is 125 Å². The molecule has 7 atom stereocenters. The Labute approximate surface area is 472 Å². The summed E-state index contributed by atoms with van der Waals surface area (Å²) >= 11 is 7.66. The number of hydrogen-bond donors (Lipinski definition) is 1. The van der Waals surface area contributed by atoms with Crippen LogP contribution in [-0.2, 0) is 37.3 Å². The van der Waals surface area contributed by atoms with Gasteiger partial charge >= 0.3 is 0 Å². The van der Waals surface area contributed by atoms with Crippen molar-refractivity contribution >= 4 is 46.7 Å². The van der Waals surface area contributed by atoms with Gasteiger partial charge in [0.1, 0.15) is 32.8 Å². The monoisotopic (exact) mass is 1140 g/mol. The predicted octanol–water partition coefficient (Wildman–Crippen LogP) is 11.7. The van der Waals surface area contributed by atoms with Crippen molar-refractivity contribution in [2.24, 2.45) is 0 Å². The van der Waals surface area contributed by atoms with Crippen molar-refractivity contribution in [1.29, 1.82) is 0 Å². The molecule has 0 spiro atoms. The van der Waals surface area contributed by atoms with E-state index in [1.54, 1.807) is 21.3 Å². The van der Waals surface area contributed by atoms with Crippen LogP contribution < -0.4 is 24.6 Å². The minimum absolute atomic E-state index is 0.00118. The van der Waals surface area contributed by atoms with Gasteiger partial charge in [0.2, 0.25) is 0 Å². The first-order chi connectivity index (χ1) is 36.7. The summed E-state index contributed by atoms with van der Waals surface area (Å²) < 4.78 is 72.3. The number of methoxy groups -OCH3 is 3. The number of aliphatic hydroxyl groups is 1. The van der Waals surface area contributed by atoms with Gasteiger partial charge in [0.15, 0.2) is 49.2 Å². The fourth-order valence-electron chi connectivity index (χ4n) is 10.1. The van der Waals surface area contributed by atoms with Crippen molar-refractivity contribution in [1.82, 2.24) is 0 Å². The predicted molar refractivity (Wildman–Crippen MR) is 315 cm³/mol. The van der Waals surface area contributed by atoms with Gasteiger partial charge in [-0.1, -0.05) is 175 Å². The minimum Gasteiger partial charge on any atom is -0.497 e. The van der Waals surface area contributed by atoms with Gasteiger partial charge in [-0.3, -0.25) is 0 Å². The molecule has 0 amide bonds. The van der Waals surface area contributed by atoms with E-state index in [2.05, 4.69) is 146 Å². The molecule has 2 aliphatic heterocycles. The molecule has 0 saturated carbocycles. The van der Waals surface area contributed by atoms with Crippen molar-refractivity contribution < 1.29 is 56.6 Å². The van der Waals surface area contributed by atoms with E-state index in [-0.39, 0.29) is 34.2 Å². The molecule has 4 aromatic rings. The van der Waals surface area contributed by atoms with Crippen LogP contribution in [0.1, 0.15) is 91.8 Å². The lowest BCUT2D eigenvalue weighted by molar-refractivity contribution is -0.166. The number of fused-ring (bicyclic) bond motifs is 1. The van der Waals surface area contributed by atoms with Gasteiger partial charge in [-0.05, 0) is 72.0 Å². The van der Waals surface area contributed by atoms with Crippen LogP contribution in [-0.4, -0.2) is 113 Å². The highest BCUT2D eigenvalue weighted by molar-refractivity contribution is 6.99. The summed E-state index contributed by atoms with van der Waals surface area (Å²) in [5.74, 6) is 10.7. The topological polar surface area (TPSA) is 122 Å². The standard InChI is InChI=1S/C62H83ClO12Si3/c1-58(2,3)77(15,16)70-41-54-61(42-64,74-57(72-54)44-27-30-46(66-10)31-28-44)38-35-45-29-34-53-62(45,75-60(7,8)73-53)52(37-40-76(12,13)14)71-56-51(67-11)33-32-49(55(56)63)50(68-43-65-9)36-39-69-78(59(4,5)6,47-23-19-17-20-24-47)48-25-21-18-22-26-48/h17-33,50,52-54,57,64H,34,36,39,41-43H2,1-16H3/t50-,52-,53-,54-,57-,61+,62-/m1/s1. The van der Waals surface area contributed by atoms with E-state index in [0.717, 1.165) is 5.56 Å². The molecule has 3 aliphatic rings. The average Bonchev–Trinajstić information content (AvgIpc) is 4.20. The molecule has 0 radical (unpaired) electrons. The number of halogens is 1. The fourth-order valence-corrected chi connectivity index (χ4v) is 16.6. The molecule has 78 heavy (non-hydrogen) atoms. The first kappa shape index (κ1) is 61.3. The third-order valence-corrected chi connectivity index (χ3v) is 26.0. The maximum absolute atomic E-state index is 11.5. The summed E-state index contributed by atoms with van der Waals surface area (Å²) in [5.41, 5.74) is 2.59. The molecule has 0 aromatic heterocycles. The van der Waals surface area contributed by atoms with Crippen LogP contribution in [0.15, 0.2) is 109 Å². The molecule has 2 saturated heterocycles. The zero-order valence-corrected chi connectivity index (χ0v) is 52.5. The van der Waals surface area contributed by atoms with Gasteiger partial charge in [0.05, 0.1) is 38.6 Å². The summed E-state index contributed by atoms with van der Waals surface area (Å²) in [6, 6.07) is 32.3. The number of benzene rings is 4. The quantitative estimate of drug-likeness (QED) is 0.0515. The molecule has 422 valence electrons. The third kappa shape index (κ3) is 13.1. The Balaban J connectivity index is 1.30. The zero-order valence-electron chi connectivity index (χ0n) is 48.8. The van der Waals surface area contributed by atoms with Crippen LogP contribution in [0.25, 0.3) is 0 Å². The highest BCUT2D eigenvalue weighted by atomic mass is 35.5. The van der Waals surface area contributed by atoms with Crippen molar-refractivity contribution in [3.63, 3.8) is 0 Å². The summed E-state index contributed by atoms with van der Waals surface area (Å²) in [7, 11) is -2.54. The summed E-state index contributed by atoms with van der Waals surface area (Å²) in [6.07, 6.45) is -1.02. The second-order valence-corrected chi connectivity index (χ2v) is 38.6. The van der Waals surface area contributed by atoms with Crippen molar-refractivity contribution in [3.8, 4) is 40.6 Å². The highest BCUT2D eigenvalue weighted by Crippen LogP contribution is 2.52. The fraction of sp³-hybridized carbons (Fsp3) is 0.516. The molecule has 1 N–H and O–H groups in total. The minimum atomic E-state index is -2.91. The first-order valence-electron chi connectivity index (χ1n) is 26.9. The maximum Gasteiger partial charge on any atom is 0.261 e. The van der Waals surface area contributed by atoms with Gasteiger partial charge in [0, 0.05) is 36.8 Å². The van der Waals surface area contributed by atoms with Gasteiger partial charge in [-0.2, -0.15) is 0 Å². The Kier molecular flexibility index (Phi) is 19.2. The van der Waals surface area contributed by atoms with Crippen LogP contribution in [0.4, 0.5) is 0 Å². The van der Waals surface area contributed by atoms with Crippen LogP contribution in [0.2, 0.25) is 47.8 Å². The number of rotatable bonds is 20. The van der Waals surface area contributed by atoms with Gasteiger partial charge in [0.25, 0.3) is 8.32 Å². The molecule has 2 heterocycles. The molecule has 12 nitrogen and oxygen atoms in total. The van der Waals surface area contributed by atoms with Crippen LogP contribution in [0.3, 0.4) is 0 Å². The lowest BCUT2D eigenvalue weighted by atomic mass is 9.86. The smallest absolute Gasteiger partial charge is 0.261 e.